The van der Waals surface area contributed by atoms with E-state index in [1.54, 1.807) is 0 Å². The molecule has 1 fully saturated rings. The first kappa shape index (κ1) is 12.9. The predicted molar refractivity (Wildman–Crippen MR) is 77.5 cm³/mol. The molecular weight excluding hydrogens is 260 g/mol. The Morgan fingerprint density at radius 1 is 1.37 bits per heavy atom. The fourth-order valence-electron chi connectivity index (χ4n) is 2.48. The van der Waals surface area contributed by atoms with Crippen molar-refractivity contribution in [1.82, 2.24) is 9.88 Å². The second-order valence-corrected chi connectivity index (χ2v) is 5.23. The van der Waals surface area contributed by atoms with Crippen LogP contribution in [0.25, 0.3) is 10.9 Å². The highest BCUT2D eigenvalue weighted by Gasteiger charge is 2.19. The van der Waals surface area contributed by atoms with Crippen molar-refractivity contribution in [3.8, 4) is 0 Å². The molecule has 1 unspecified atom stereocenters. The van der Waals surface area contributed by atoms with Crippen LogP contribution in [0.5, 0.6) is 0 Å². The van der Waals surface area contributed by atoms with Crippen molar-refractivity contribution < 1.29 is 4.74 Å². The zero-order valence-corrected chi connectivity index (χ0v) is 11.5. The van der Waals surface area contributed by atoms with E-state index in [0.29, 0.717) is 5.88 Å². The Hall–Kier alpha value is -1.16. The summed E-state index contributed by atoms with van der Waals surface area (Å²) >= 11 is 5.86. The molecule has 1 aliphatic rings. The molecular formula is C15H17ClN2O. The zero-order chi connectivity index (χ0) is 13.1. The first-order chi connectivity index (χ1) is 9.35. The Bertz CT molecular complexity index is 561. The second-order valence-electron chi connectivity index (χ2n) is 4.92. The molecule has 4 heteroatoms. The number of hydrogen-bond acceptors (Lipinski definition) is 3. The molecule has 100 valence electrons. The maximum absolute atomic E-state index is 5.86. The highest BCUT2D eigenvalue weighted by molar-refractivity contribution is 6.18. The average Bonchev–Trinajstić information content (AvgIpc) is 2.47. The van der Waals surface area contributed by atoms with Gasteiger partial charge in [-0.2, -0.15) is 0 Å². The summed E-state index contributed by atoms with van der Waals surface area (Å²) < 4.78 is 5.58. The summed E-state index contributed by atoms with van der Waals surface area (Å²) in [6, 6.07) is 10.4. The van der Waals surface area contributed by atoms with Crippen molar-refractivity contribution in [2.45, 2.75) is 12.6 Å². The molecule has 1 aliphatic heterocycles. The number of alkyl halides is 1. The normalized spacial score (nSPS) is 20.8. The molecule has 0 radical (unpaired) electrons. The molecule has 1 aromatic carbocycles. The van der Waals surface area contributed by atoms with Crippen molar-refractivity contribution in [1.29, 1.82) is 0 Å². The molecule has 0 bridgehead atoms. The number of para-hydroxylation sites is 1. The summed E-state index contributed by atoms with van der Waals surface area (Å²) in [5, 5.41) is 1.20. The topological polar surface area (TPSA) is 25.4 Å². The molecule has 2 heterocycles. The number of nitrogens with zero attached hydrogens (tertiary/aromatic N) is 2. The van der Waals surface area contributed by atoms with E-state index in [1.807, 2.05) is 24.4 Å². The highest BCUT2D eigenvalue weighted by atomic mass is 35.5. The maximum Gasteiger partial charge on any atom is 0.0837 e. The Kier molecular flexibility index (Phi) is 3.97. The van der Waals surface area contributed by atoms with Crippen LogP contribution in [0.3, 0.4) is 0 Å². The molecule has 1 aromatic heterocycles. The number of pyridine rings is 1. The zero-order valence-electron chi connectivity index (χ0n) is 10.8. The van der Waals surface area contributed by atoms with Crippen LogP contribution in [0.4, 0.5) is 0 Å². The van der Waals surface area contributed by atoms with Crippen LogP contribution in [0.1, 0.15) is 5.56 Å². The van der Waals surface area contributed by atoms with E-state index < -0.39 is 0 Å². The molecule has 0 amide bonds. The number of hydrogen-bond donors (Lipinski definition) is 0. The lowest BCUT2D eigenvalue weighted by Gasteiger charge is -2.31. The predicted octanol–water partition coefficient (Wildman–Crippen LogP) is 2.67. The minimum absolute atomic E-state index is 0.156. The largest absolute Gasteiger partial charge is 0.374 e. The van der Waals surface area contributed by atoms with E-state index in [4.69, 9.17) is 16.3 Å². The molecule has 3 nitrogen and oxygen atoms in total. The lowest BCUT2D eigenvalue weighted by Crippen LogP contribution is -2.42. The molecule has 1 saturated heterocycles. The van der Waals surface area contributed by atoms with Gasteiger partial charge in [0.25, 0.3) is 0 Å². The quantitative estimate of drug-likeness (QED) is 0.806. The summed E-state index contributed by atoms with van der Waals surface area (Å²) in [5.74, 6) is 0.562. The second kappa shape index (κ2) is 5.87. The minimum Gasteiger partial charge on any atom is -0.374 e. The van der Waals surface area contributed by atoms with E-state index >= 15 is 0 Å². The monoisotopic (exact) mass is 276 g/mol. The van der Waals surface area contributed by atoms with Crippen molar-refractivity contribution in [3.05, 3.63) is 42.1 Å². The van der Waals surface area contributed by atoms with E-state index in [2.05, 4.69) is 22.0 Å². The summed E-state index contributed by atoms with van der Waals surface area (Å²) in [5.41, 5.74) is 2.29. The van der Waals surface area contributed by atoms with E-state index in [0.717, 1.165) is 31.8 Å². The Labute approximate surface area is 118 Å². The molecule has 1 atom stereocenters. The van der Waals surface area contributed by atoms with Gasteiger partial charge in [0.15, 0.2) is 0 Å². The van der Waals surface area contributed by atoms with Gasteiger partial charge in [0.05, 0.1) is 18.2 Å². The number of ether oxygens (including phenoxy) is 1. The Morgan fingerprint density at radius 3 is 3.16 bits per heavy atom. The van der Waals surface area contributed by atoms with Gasteiger partial charge in [-0.3, -0.25) is 9.88 Å². The third kappa shape index (κ3) is 3.06. The third-order valence-electron chi connectivity index (χ3n) is 3.45. The Balaban J connectivity index is 1.74. The van der Waals surface area contributed by atoms with Gasteiger partial charge in [-0.15, -0.1) is 11.6 Å². The fourth-order valence-corrected chi connectivity index (χ4v) is 2.67. The lowest BCUT2D eigenvalue weighted by atomic mass is 10.1. The minimum atomic E-state index is 0.156. The van der Waals surface area contributed by atoms with Crippen molar-refractivity contribution in [2.24, 2.45) is 0 Å². The van der Waals surface area contributed by atoms with Crippen LogP contribution >= 0.6 is 11.6 Å². The number of benzene rings is 1. The van der Waals surface area contributed by atoms with Crippen LogP contribution in [-0.4, -0.2) is 41.6 Å². The molecule has 2 aromatic rings. The number of aromatic nitrogens is 1. The van der Waals surface area contributed by atoms with Gasteiger partial charge >= 0.3 is 0 Å². The average molecular weight is 277 g/mol. The van der Waals surface area contributed by atoms with E-state index in [9.17, 15) is 0 Å². The van der Waals surface area contributed by atoms with Crippen LogP contribution in [-0.2, 0) is 11.3 Å². The molecule has 3 rings (SSSR count). The number of halogens is 1. The SMILES string of the molecule is ClCC1CN(Cc2cnc3ccccc3c2)CCO1. The van der Waals surface area contributed by atoms with E-state index in [-0.39, 0.29) is 6.10 Å². The molecule has 19 heavy (non-hydrogen) atoms. The first-order valence-corrected chi connectivity index (χ1v) is 7.12. The van der Waals surface area contributed by atoms with Crippen molar-refractivity contribution >= 4 is 22.5 Å². The Morgan fingerprint density at radius 2 is 2.26 bits per heavy atom. The summed E-state index contributed by atoms with van der Waals surface area (Å²) in [4.78, 5) is 6.88. The van der Waals surface area contributed by atoms with Gasteiger partial charge < -0.3 is 4.74 Å². The smallest absolute Gasteiger partial charge is 0.0837 e. The molecule has 0 aliphatic carbocycles. The number of rotatable bonds is 3. The highest BCUT2D eigenvalue weighted by Crippen LogP contribution is 2.16. The third-order valence-corrected chi connectivity index (χ3v) is 3.79. The number of fused-ring (bicyclic) bond motifs is 1. The van der Waals surface area contributed by atoms with Crippen LogP contribution < -0.4 is 0 Å². The molecule has 0 spiro atoms. The van der Waals surface area contributed by atoms with E-state index in [1.165, 1.54) is 10.9 Å². The lowest BCUT2D eigenvalue weighted by molar-refractivity contribution is -0.0194. The summed E-state index contributed by atoms with van der Waals surface area (Å²) in [6.45, 7) is 3.53. The molecule has 0 N–H and O–H groups in total. The maximum atomic E-state index is 5.86. The summed E-state index contributed by atoms with van der Waals surface area (Å²) in [6.07, 6.45) is 2.12. The van der Waals surface area contributed by atoms with Gasteiger partial charge in [0, 0.05) is 37.1 Å². The van der Waals surface area contributed by atoms with Gasteiger partial charge in [0.1, 0.15) is 0 Å². The summed E-state index contributed by atoms with van der Waals surface area (Å²) in [7, 11) is 0. The van der Waals surface area contributed by atoms with Crippen LogP contribution in [0.2, 0.25) is 0 Å². The standard InChI is InChI=1S/C15H17ClN2O/c16-8-14-11-18(5-6-19-14)10-12-7-13-3-1-2-4-15(13)17-9-12/h1-4,7,9,14H,5-6,8,10-11H2. The van der Waals surface area contributed by atoms with Crippen LogP contribution in [0, 0.1) is 0 Å². The van der Waals surface area contributed by atoms with Crippen molar-refractivity contribution in [2.75, 3.05) is 25.6 Å². The van der Waals surface area contributed by atoms with Gasteiger partial charge in [-0.25, -0.2) is 0 Å². The first-order valence-electron chi connectivity index (χ1n) is 6.59. The number of morpholine rings is 1. The van der Waals surface area contributed by atoms with Crippen molar-refractivity contribution in [3.63, 3.8) is 0 Å². The van der Waals surface area contributed by atoms with Gasteiger partial charge in [-0.1, -0.05) is 18.2 Å². The van der Waals surface area contributed by atoms with Gasteiger partial charge in [0.2, 0.25) is 0 Å². The fraction of sp³-hybridized carbons (Fsp3) is 0.400. The van der Waals surface area contributed by atoms with Gasteiger partial charge in [-0.05, 0) is 17.7 Å². The van der Waals surface area contributed by atoms with Crippen LogP contribution in [0.15, 0.2) is 36.5 Å². The molecule has 0 saturated carbocycles.